The lowest BCUT2D eigenvalue weighted by molar-refractivity contribution is -0.137. The summed E-state index contributed by atoms with van der Waals surface area (Å²) in [5, 5.41) is 4.35. The highest BCUT2D eigenvalue weighted by Crippen LogP contribution is 2.50. The molecule has 0 spiro atoms. The fourth-order valence-electron chi connectivity index (χ4n) is 5.07. The highest BCUT2D eigenvalue weighted by atomic mass is 31.2. The van der Waals surface area contributed by atoms with E-state index in [2.05, 4.69) is 15.3 Å². The van der Waals surface area contributed by atoms with Crippen molar-refractivity contribution < 1.29 is 27.3 Å². The summed E-state index contributed by atoms with van der Waals surface area (Å²) in [5.74, 6) is 1.57. The van der Waals surface area contributed by atoms with Crippen LogP contribution in [0.4, 0.5) is 24.7 Å². The van der Waals surface area contributed by atoms with Crippen LogP contribution >= 0.6 is 7.14 Å². The Labute approximate surface area is 224 Å². The summed E-state index contributed by atoms with van der Waals surface area (Å²) < 4.78 is 60.0. The number of methoxy groups -OCH3 is 1. The van der Waals surface area contributed by atoms with Crippen molar-refractivity contribution in [1.29, 1.82) is 0 Å². The van der Waals surface area contributed by atoms with Gasteiger partial charge in [-0.25, -0.2) is 9.97 Å². The van der Waals surface area contributed by atoms with Gasteiger partial charge in [0.2, 0.25) is 5.91 Å². The molecule has 3 N–H and O–H groups in total. The third-order valence-electron chi connectivity index (χ3n) is 7.41. The van der Waals surface area contributed by atoms with E-state index >= 15 is 0 Å². The van der Waals surface area contributed by atoms with Crippen molar-refractivity contribution in [3.8, 4) is 5.75 Å². The lowest BCUT2D eigenvalue weighted by Crippen LogP contribution is -2.42. The fourth-order valence-corrected chi connectivity index (χ4v) is 7.83. The number of halogens is 3. The van der Waals surface area contributed by atoms with E-state index in [4.69, 9.17) is 10.5 Å². The van der Waals surface area contributed by atoms with Crippen LogP contribution in [0, 0.1) is 12.8 Å². The number of carbonyl (C=O) groups is 1. The number of fused-ring (bicyclic) bond motifs is 1. The van der Waals surface area contributed by atoms with Crippen LogP contribution in [0.15, 0.2) is 30.3 Å². The standard InChI is InChI=1S/C27H31F3N5O3P/c1-15(18-10-19(27(28,29)30)12-20(31)11-18)32-25-21-13-24(23(38-3)14-22(21)33-16(2)34-25)39(37)8-6-35(7-9-39)26(36)17-4-5-17/h10-15,17H,4-9,31H2,1-3H3,(H,32,33,34)/t15-/m1/s1. The number of aryl methyl sites for hydroxylation is 1. The Balaban J connectivity index is 1.49. The van der Waals surface area contributed by atoms with Crippen LogP contribution in [0.5, 0.6) is 5.75 Å². The summed E-state index contributed by atoms with van der Waals surface area (Å²) in [6, 6.07) is 6.37. The first-order valence-electron chi connectivity index (χ1n) is 12.9. The van der Waals surface area contributed by atoms with Crippen molar-refractivity contribution in [3.05, 3.63) is 47.3 Å². The van der Waals surface area contributed by atoms with Crippen molar-refractivity contribution in [2.75, 3.05) is 43.6 Å². The third-order valence-corrected chi connectivity index (χ3v) is 10.5. The maximum Gasteiger partial charge on any atom is 0.416 e. The number of anilines is 2. The van der Waals surface area contributed by atoms with Gasteiger partial charge in [0.1, 0.15) is 24.5 Å². The van der Waals surface area contributed by atoms with E-state index in [0.29, 0.717) is 64.6 Å². The molecule has 39 heavy (non-hydrogen) atoms. The number of aromatic nitrogens is 2. The molecule has 0 bridgehead atoms. The molecule has 2 aliphatic rings. The van der Waals surface area contributed by atoms with Crippen LogP contribution < -0.4 is 21.1 Å². The van der Waals surface area contributed by atoms with Crippen molar-refractivity contribution in [2.45, 2.75) is 38.9 Å². The number of rotatable bonds is 6. The van der Waals surface area contributed by atoms with E-state index < -0.39 is 24.9 Å². The van der Waals surface area contributed by atoms with Crippen LogP contribution in [-0.2, 0) is 15.5 Å². The van der Waals surface area contributed by atoms with Crippen molar-refractivity contribution >= 4 is 40.8 Å². The molecule has 1 aliphatic heterocycles. The Kier molecular flexibility index (Phi) is 6.99. The molecule has 0 radical (unpaired) electrons. The van der Waals surface area contributed by atoms with Gasteiger partial charge < -0.3 is 25.3 Å². The molecular weight excluding hydrogens is 530 g/mol. The zero-order valence-electron chi connectivity index (χ0n) is 22.0. The van der Waals surface area contributed by atoms with Gasteiger partial charge in [-0.2, -0.15) is 13.2 Å². The van der Waals surface area contributed by atoms with Gasteiger partial charge in [-0.05, 0) is 56.5 Å². The number of ether oxygens (including phenoxy) is 1. The Morgan fingerprint density at radius 1 is 1.15 bits per heavy atom. The molecule has 5 rings (SSSR count). The molecule has 1 atom stereocenters. The molecule has 2 heterocycles. The number of amides is 1. The number of nitrogens with one attached hydrogen (secondary N) is 1. The SMILES string of the molecule is COc1cc2nc(C)nc(N[C@H](C)c3cc(N)cc(C(F)(F)F)c3)c2cc1P1(=O)CCN(C(=O)C2CC2)CC1. The summed E-state index contributed by atoms with van der Waals surface area (Å²) in [6.07, 6.45) is -1.98. The van der Waals surface area contributed by atoms with Crippen LogP contribution in [0.25, 0.3) is 10.9 Å². The second kappa shape index (κ2) is 10.0. The number of alkyl halides is 3. The first-order chi connectivity index (χ1) is 18.4. The van der Waals surface area contributed by atoms with Crippen molar-refractivity contribution in [3.63, 3.8) is 0 Å². The third kappa shape index (κ3) is 5.55. The van der Waals surface area contributed by atoms with Crippen molar-refractivity contribution in [2.24, 2.45) is 5.92 Å². The van der Waals surface area contributed by atoms with Gasteiger partial charge in [0.05, 0.1) is 29.5 Å². The Hall–Kier alpha value is -3.33. The summed E-state index contributed by atoms with van der Waals surface area (Å²) in [7, 11) is -1.40. The lowest BCUT2D eigenvalue weighted by atomic mass is 10.0. The molecule has 12 heteroatoms. The zero-order valence-corrected chi connectivity index (χ0v) is 22.9. The summed E-state index contributed by atoms with van der Waals surface area (Å²) in [6.45, 7) is 4.29. The molecule has 1 saturated carbocycles. The minimum absolute atomic E-state index is 0.00818. The van der Waals surface area contributed by atoms with Crippen molar-refractivity contribution in [1.82, 2.24) is 14.9 Å². The second-order valence-electron chi connectivity index (χ2n) is 10.3. The number of nitrogens with two attached hydrogens (primary N) is 1. The predicted octanol–water partition coefficient (Wildman–Crippen LogP) is 4.96. The normalized spacial score (nSPS) is 18.2. The largest absolute Gasteiger partial charge is 0.496 e. The molecule has 208 valence electrons. The van der Waals surface area contributed by atoms with Gasteiger partial charge in [-0.3, -0.25) is 4.79 Å². The average Bonchev–Trinajstić information content (AvgIpc) is 3.72. The van der Waals surface area contributed by atoms with Crippen LogP contribution in [0.3, 0.4) is 0 Å². The second-order valence-corrected chi connectivity index (χ2v) is 13.5. The molecule has 1 amide bonds. The molecule has 0 unspecified atom stereocenters. The van der Waals surface area contributed by atoms with E-state index in [9.17, 15) is 22.5 Å². The zero-order chi connectivity index (χ0) is 28.1. The van der Waals surface area contributed by atoms with Crippen LogP contribution in [-0.4, -0.2) is 53.3 Å². The van der Waals surface area contributed by atoms with Crippen LogP contribution in [0.1, 0.15) is 42.8 Å². The maximum absolute atomic E-state index is 14.2. The number of carbonyl (C=O) groups excluding carboxylic acids is 1. The van der Waals surface area contributed by atoms with Gasteiger partial charge in [-0.15, -0.1) is 0 Å². The van der Waals surface area contributed by atoms with Gasteiger partial charge in [0, 0.05) is 48.5 Å². The molecule has 2 aromatic carbocycles. The Bertz CT molecular complexity index is 1480. The van der Waals surface area contributed by atoms with Gasteiger partial charge in [-0.1, -0.05) is 0 Å². The number of nitrogens with zero attached hydrogens (tertiary/aromatic N) is 3. The Morgan fingerprint density at radius 3 is 2.46 bits per heavy atom. The molecule has 2 fully saturated rings. The summed E-state index contributed by atoms with van der Waals surface area (Å²) in [5.41, 5.74) is 5.86. The number of hydrogen-bond acceptors (Lipinski definition) is 7. The van der Waals surface area contributed by atoms with E-state index in [-0.39, 0.29) is 17.5 Å². The number of hydrogen-bond donors (Lipinski definition) is 2. The first-order valence-corrected chi connectivity index (χ1v) is 14.9. The van der Waals surface area contributed by atoms with Gasteiger partial charge >= 0.3 is 6.18 Å². The maximum atomic E-state index is 14.2. The predicted molar refractivity (Wildman–Crippen MR) is 145 cm³/mol. The van der Waals surface area contributed by atoms with Gasteiger partial charge in [0.15, 0.2) is 0 Å². The van der Waals surface area contributed by atoms with E-state index in [1.165, 1.54) is 13.2 Å². The van der Waals surface area contributed by atoms with E-state index in [1.807, 2.05) is 4.90 Å². The molecule has 1 saturated heterocycles. The lowest BCUT2D eigenvalue weighted by Gasteiger charge is -2.33. The highest BCUT2D eigenvalue weighted by molar-refractivity contribution is 7.72. The molecule has 8 nitrogen and oxygen atoms in total. The minimum Gasteiger partial charge on any atom is -0.496 e. The quantitative estimate of drug-likeness (QED) is 0.323. The number of nitrogen functional groups attached to an aromatic ring is 1. The average molecular weight is 562 g/mol. The molecule has 3 aromatic rings. The topological polar surface area (TPSA) is 110 Å². The summed E-state index contributed by atoms with van der Waals surface area (Å²) in [4.78, 5) is 23.4. The molecule has 1 aromatic heterocycles. The fraction of sp³-hybridized carbons (Fsp3) is 0.444. The van der Waals surface area contributed by atoms with E-state index in [1.54, 1.807) is 26.0 Å². The first kappa shape index (κ1) is 27.2. The van der Waals surface area contributed by atoms with Crippen LogP contribution in [0.2, 0.25) is 0 Å². The number of benzene rings is 2. The highest BCUT2D eigenvalue weighted by Gasteiger charge is 2.39. The smallest absolute Gasteiger partial charge is 0.416 e. The van der Waals surface area contributed by atoms with Gasteiger partial charge in [0.25, 0.3) is 0 Å². The summed E-state index contributed by atoms with van der Waals surface area (Å²) >= 11 is 0. The molecule has 1 aliphatic carbocycles. The monoisotopic (exact) mass is 561 g/mol. The Morgan fingerprint density at radius 2 is 1.85 bits per heavy atom. The molecular formula is C27H31F3N5O3P. The minimum atomic E-state index is -4.53. The van der Waals surface area contributed by atoms with E-state index in [0.717, 1.165) is 25.0 Å².